The van der Waals surface area contributed by atoms with Gasteiger partial charge in [-0.2, -0.15) is 0 Å². The van der Waals surface area contributed by atoms with Crippen LogP contribution in [0.25, 0.3) is 0 Å². The minimum Gasteiger partial charge on any atom is -0.458 e. The molecule has 50 heavy (non-hydrogen) atoms. The number of esters is 1. The maximum atomic E-state index is 13.7. The number of fused-ring (bicyclic) bond motifs is 1. The zero-order chi connectivity index (χ0) is 36.8. The lowest BCUT2D eigenvalue weighted by Crippen LogP contribution is -2.55. The van der Waals surface area contributed by atoms with Gasteiger partial charge in [-0.1, -0.05) is 76.3 Å². The van der Waals surface area contributed by atoms with E-state index in [1.165, 1.54) is 4.90 Å². The summed E-state index contributed by atoms with van der Waals surface area (Å²) >= 11 is 0. The standard InChI is InChI=1S/C37H54N4O9/c1-24(2)23-49-36(48)39-27-18-13-8-6-7-12-17-26(38-33(45)28-19-14-22-41(28)34(27)46)32(44)29(42)20-21-30(43)40-31(25-15-10-9-11-16-25)35(47)50-37(3,4)5/h9-11,15-16,24,26-28,31H,6-8,12-14,17-23H2,1-5H3,(H,38,45)(H,39,48)(H,40,43)/t26?,27-,28-,31-/m0/s1. The molecule has 1 aromatic rings. The lowest BCUT2D eigenvalue weighted by molar-refractivity contribution is -0.159. The van der Waals surface area contributed by atoms with Crippen LogP contribution in [0, 0.1) is 5.92 Å². The van der Waals surface area contributed by atoms with Crippen LogP contribution in [0.15, 0.2) is 30.3 Å². The first-order chi connectivity index (χ1) is 23.7. The molecule has 2 fully saturated rings. The van der Waals surface area contributed by atoms with Crippen LogP contribution in [0.2, 0.25) is 0 Å². The normalized spacial score (nSPS) is 21.2. The van der Waals surface area contributed by atoms with Crippen LogP contribution in [0.4, 0.5) is 4.79 Å². The average molecular weight is 699 g/mol. The number of rotatable bonds is 11. The van der Waals surface area contributed by atoms with Crippen molar-refractivity contribution in [1.82, 2.24) is 20.9 Å². The summed E-state index contributed by atoms with van der Waals surface area (Å²) in [5, 5.41) is 8.06. The Kier molecular flexibility index (Phi) is 15.4. The van der Waals surface area contributed by atoms with Crippen LogP contribution in [-0.2, 0) is 38.2 Å². The number of amides is 4. The van der Waals surface area contributed by atoms with Crippen molar-refractivity contribution in [2.75, 3.05) is 13.2 Å². The van der Waals surface area contributed by atoms with Crippen molar-refractivity contribution in [3.63, 3.8) is 0 Å². The highest BCUT2D eigenvalue weighted by Crippen LogP contribution is 2.23. The van der Waals surface area contributed by atoms with Crippen LogP contribution in [0.5, 0.6) is 0 Å². The molecule has 0 aromatic heterocycles. The van der Waals surface area contributed by atoms with Crippen molar-refractivity contribution in [3.8, 4) is 0 Å². The number of ketones is 2. The topological polar surface area (TPSA) is 177 Å². The van der Waals surface area contributed by atoms with Crippen molar-refractivity contribution in [2.45, 2.75) is 135 Å². The summed E-state index contributed by atoms with van der Waals surface area (Å²) in [5.41, 5.74) is -0.288. The Labute approximate surface area is 295 Å². The number of nitrogens with one attached hydrogen (secondary N) is 3. The van der Waals surface area contributed by atoms with Crippen LogP contribution < -0.4 is 16.0 Å². The first-order valence-electron chi connectivity index (χ1n) is 17.8. The Morgan fingerprint density at radius 1 is 0.900 bits per heavy atom. The number of alkyl carbamates (subject to hydrolysis) is 1. The second-order valence-corrected chi connectivity index (χ2v) is 14.5. The van der Waals surface area contributed by atoms with Gasteiger partial charge < -0.3 is 30.3 Å². The van der Waals surface area contributed by atoms with E-state index >= 15 is 0 Å². The maximum absolute atomic E-state index is 13.7. The van der Waals surface area contributed by atoms with Crippen LogP contribution in [0.1, 0.15) is 117 Å². The summed E-state index contributed by atoms with van der Waals surface area (Å²) in [7, 11) is 0. The van der Waals surface area contributed by atoms with E-state index in [9.17, 15) is 33.6 Å². The summed E-state index contributed by atoms with van der Waals surface area (Å²) in [6.45, 7) is 9.49. The van der Waals surface area contributed by atoms with Crippen LogP contribution in [-0.4, -0.2) is 83.1 Å². The highest BCUT2D eigenvalue weighted by Gasteiger charge is 2.39. The zero-order valence-corrected chi connectivity index (χ0v) is 30.1. The van der Waals surface area contributed by atoms with Crippen LogP contribution in [0.3, 0.4) is 0 Å². The van der Waals surface area contributed by atoms with Gasteiger partial charge in [0.1, 0.15) is 17.7 Å². The Morgan fingerprint density at radius 2 is 1.56 bits per heavy atom. The smallest absolute Gasteiger partial charge is 0.407 e. The third-order valence-corrected chi connectivity index (χ3v) is 8.53. The van der Waals surface area contributed by atoms with E-state index in [-0.39, 0.29) is 31.3 Å². The molecule has 13 heteroatoms. The van der Waals surface area contributed by atoms with E-state index in [0.29, 0.717) is 44.2 Å². The Hall–Kier alpha value is -4.29. The van der Waals surface area contributed by atoms with Gasteiger partial charge in [0.25, 0.3) is 0 Å². The molecule has 2 saturated heterocycles. The summed E-state index contributed by atoms with van der Waals surface area (Å²) in [6, 6.07) is 4.64. The SMILES string of the molecule is CC(C)COC(=O)N[C@H]1CCCCCCCC(C(=O)C(=O)CCC(=O)N[C@H](C(=O)OC(C)(C)C)c2ccccc2)NC(=O)[C@@H]2CCCN2C1=O. The molecule has 0 aliphatic carbocycles. The van der Waals surface area contributed by atoms with Crippen molar-refractivity contribution < 1.29 is 43.0 Å². The van der Waals surface area contributed by atoms with Gasteiger partial charge in [-0.15, -0.1) is 0 Å². The molecule has 0 bridgehead atoms. The molecule has 1 unspecified atom stereocenters. The Bertz CT molecular complexity index is 1360. The second kappa shape index (κ2) is 19.2. The fourth-order valence-corrected chi connectivity index (χ4v) is 6.01. The Balaban J connectivity index is 1.67. The van der Waals surface area contributed by atoms with E-state index in [4.69, 9.17) is 9.47 Å². The van der Waals surface area contributed by atoms with Crippen molar-refractivity contribution in [3.05, 3.63) is 35.9 Å². The number of hydrogen-bond acceptors (Lipinski definition) is 9. The third kappa shape index (κ3) is 12.9. The lowest BCUT2D eigenvalue weighted by Gasteiger charge is -2.30. The van der Waals surface area contributed by atoms with Gasteiger partial charge >= 0.3 is 12.1 Å². The predicted octanol–water partition coefficient (Wildman–Crippen LogP) is 4.07. The number of nitrogens with zero attached hydrogens (tertiary/aromatic N) is 1. The summed E-state index contributed by atoms with van der Waals surface area (Å²) in [4.78, 5) is 93.6. The Morgan fingerprint density at radius 3 is 2.22 bits per heavy atom. The highest BCUT2D eigenvalue weighted by atomic mass is 16.6. The minimum atomic E-state index is -1.11. The fourth-order valence-electron chi connectivity index (χ4n) is 6.01. The predicted molar refractivity (Wildman–Crippen MR) is 185 cm³/mol. The number of hydrogen-bond donors (Lipinski definition) is 3. The molecule has 2 heterocycles. The third-order valence-electron chi connectivity index (χ3n) is 8.53. The fraction of sp³-hybridized carbons (Fsp3) is 0.649. The van der Waals surface area contributed by atoms with Gasteiger partial charge in [-0.25, -0.2) is 9.59 Å². The molecule has 2 aliphatic rings. The van der Waals surface area contributed by atoms with Gasteiger partial charge in [0.05, 0.1) is 12.6 Å². The van der Waals surface area contributed by atoms with Crippen molar-refractivity contribution >= 4 is 41.4 Å². The summed E-state index contributed by atoms with van der Waals surface area (Å²) in [6.07, 6.45) is 3.72. The lowest BCUT2D eigenvalue weighted by atomic mass is 9.97. The largest absolute Gasteiger partial charge is 0.458 e. The number of carbonyl (C=O) groups excluding carboxylic acids is 7. The zero-order valence-electron chi connectivity index (χ0n) is 30.1. The molecule has 1 aromatic carbocycles. The highest BCUT2D eigenvalue weighted by molar-refractivity contribution is 6.39. The van der Waals surface area contributed by atoms with Crippen molar-refractivity contribution in [1.29, 1.82) is 0 Å². The molecule has 276 valence electrons. The molecule has 0 saturated carbocycles. The number of Topliss-reactive ketones (excluding diaryl/α,β-unsaturated/α-hetero) is 2. The van der Waals surface area contributed by atoms with Gasteiger partial charge in [0.2, 0.25) is 29.3 Å². The summed E-state index contributed by atoms with van der Waals surface area (Å²) < 4.78 is 10.7. The molecule has 3 N–H and O–H groups in total. The second-order valence-electron chi connectivity index (χ2n) is 14.5. The molecule has 0 spiro atoms. The molecule has 3 rings (SSSR count). The van der Waals surface area contributed by atoms with E-state index in [1.54, 1.807) is 51.1 Å². The number of carbonyl (C=O) groups is 7. The van der Waals surface area contributed by atoms with Gasteiger partial charge in [0.15, 0.2) is 6.04 Å². The molecule has 2 aliphatic heterocycles. The number of benzene rings is 1. The van der Waals surface area contributed by atoms with Gasteiger partial charge in [0, 0.05) is 19.4 Å². The van der Waals surface area contributed by atoms with Gasteiger partial charge in [-0.3, -0.25) is 24.0 Å². The van der Waals surface area contributed by atoms with E-state index < -0.39 is 71.6 Å². The maximum Gasteiger partial charge on any atom is 0.407 e. The molecule has 4 amide bonds. The number of ether oxygens (including phenoxy) is 2. The monoisotopic (exact) mass is 698 g/mol. The molecular formula is C37H54N4O9. The average Bonchev–Trinajstić information content (AvgIpc) is 3.56. The van der Waals surface area contributed by atoms with Crippen LogP contribution >= 0.6 is 0 Å². The first-order valence-corrected chi connectivity index (χ1v) is 17.8. The van der Waals surface area contributed by atoms with Crippen molar-refractivity contribution in [2.24, 2.45) is 5.92 Å². The molecule has 13 nitrogen and oxygen atoms in total. The van der Waals surface area contributed by atoms with E-state index in [0.717, 1.165) is 19.3 Å². The molecule has 0 radical (unpaired) electrons. The molecular weight excluding hydrogens is 644 g/mol. The minimum absolute atomic E-state index is 0.128. The quantitative estimate of drug-likeness (QED) is 0.227. The van der Waals surface area contributed by atoms with E-state index in [1.807, 2.05) is 13.8 Å². The first kappa shape index (κ1) is 40.1. The van der Waals surface area contributed by atoms with Gasteiger partial charge in [-0.05, 0) is 57.9 Å². The molecule has 4 atom stereocenters. The summed E-state index contributed by atoms with van der Waals surface area (Å²) in [5.74, 6) is -3.70. The van der Waals surface area contributed by atoms with E-state index in [2.05, 4.69) is 16.0 Å².